The zero-order valence-electron chi connectivity index (χ0n) is 21.1. The first kappa shape index (κ1) is 26.9. The van der Waals surface area contributed by atoms with Gasteiger partial charge in [-0.3, -0.25) is 4.79 Å². The quantitative estimate of drug-likeness (QED) is 0.382. The van der Waals surface area contributed by atoms with E-state index in [4.69, 9.17) is 18.9 Å². The summed E-state index contributed by atoms with van der Waals surface area (Å²) in [6, 6.07) is 7.90. The average Bonchev–Trinajstić information content (AvgIpc) is 3.48. The van der Waals surface area contributed by atoms with Crippen molar-refractivity contribution in [1.82, 2.24) is 0 Å². The normalized spacial score (nSPS) is 26.4. The van der Waals surface area contributed by atoms with E-state index in [2.05, 4.69) is 20.4 Å². The first-order valence-electron chi connectivity index (χ1n) is 12.7. The second-order valence-electron chi connectivity index (χ2n) is 10.3. The smallest absolute Gasteiger partial charge is 0.161 e. The van der Waals surface area contributed by atoms with Gasteiger partial charge in [-0.1, -0.05) is 31.2 Å². The van der Waals surface area contributed by atoms with Gasteiger partial charge in [0.05, 0.1) is 31.5 Å². The number of rotatable bonds is 14. The highest BCUT2D eigenvalue weighted by molar-refractivity contribution is 5.83. The Morgan fingerprint density at radius 2 is 2.03 bits per heavy atom. The molecule has 2 heterocycles. The number of Topliss-reactive ketones (excluding diaryl/α,β-unsaturated/α-hetero) is 1. The van der Waals surface area contributed by atoms with Gasteiger partial charge in [0.2, 0.25) is 0 Å². The topological polar surface area (TPSA) is 74.2 Å². The first-order chi connectivity index (χ1) is 16.3. The Labute approximate surface area is 204 Å². The molecule has 0 spiro atoms. The van der Waals surface area contributed by atoms with E-state index in [1.54, 1.807) is 7.11 Å². The van der Waals surface area contributed by atoms with Crippen LogP contribution in [0.15, 0.2) is 36.4 Å². The molecule has 1 N–H and O–H groups in total. The van der Waals surface area contributed by atoms with Crippen LogP contribution in [0.5, 0.6) is 5.75 Å². The van der Waals surface area contributed by atoms with Crippen molar-refractivity contribution >= 4 is 5.78 Å². The van der Waals surface area contributed by atoms with Crippen molar-refractivity contribution in [3.63, 3.8) is 0 Å². The molecule has 2 aliphatic heterocycles. The Bertz CT molecular complexity index is 785. The lowest BCUT2D eigenvalue weighted by atomic mass is 9.90. The standard InChI is InChI=1S/C28H42O6/c1-20(16-25(30)26-6-5-15-33-26)7-12-24(29)27-13-14-28(3,34-27)17-21(2)18-32-19-22-8-10-23(31-4)11-9-22/h8-11,21,25-27,30H,1,5-7,12-19H2,2-4H3/t21-,25-,26+,27-,28-/m1/s1. The van der Waals surface area contributed by atoms with Gasteiger partial charge >= 0.3 is 0 Å². The summed E-state index contributed by atoms with van der Waals surface area (Å²) in [5.74, 6) is 1.31. The lowest BCUT2D eigenvalue weighted by Gasteiger charge is -2.28. The monoisotopic (exact) mass is 474 g/mol. The largest absolute Gasteiger partial charge is 0.497 e. The van der Waals surface area contributed by atoms with Crippen molar-refractivity contribution in [2.45, 2.75) is 95.7 Å². The molecule has 0 bridgehead atoms. The highest BCUT2D eigenvalue weighted by atomic mass is 16.5. The van der Waals surface area contributed by atoms with E-state index in [1.807, 2.05) is 24.3 Å². The number of aliphatic hydroxyl groups excluding tert-OH is 1. The number of ketones is 1. The van der Waals surface area contributed by atoms with E-state index >= 15 is 0 Å². The molecule has 0 saturated carbocycles. The molecule has 6 heteroatoms. The summed E-state index contributed by atoms with van der Waals surface area (Å²) < 4.78 is 22.9. The molecule has 6 nitrogen and oxygen atoms in total. The summed E-state index contributed by atoms with van der Waals surface area (Å²) in [5, 5.41) is 10.3. The van der Waals surface area contributed by atoms with Gasteiger partial charge in [0.25, 0.3) is 0 Å². The van der Waals surface area contributed by atoms with Crippen LogP contribution in [0.3, 0.4) is 0 Å². The van der Waals surface area contributed by atoms with Gasteiger partial charge in [0, 0.05) is 19.6 Å². The van der Waals surface area contributed by atoms with Crippen molar-refractivity contribution in [2.75, 3.05) is 20.3 Å². The van der Waals surface area contributed by atoms with Crippen LogP contribution in [0.1, 0.15) is 70.8 Å². The highest BCUT2D eigenvalue weighted by Crippen LogP contribution is 2.36. The molecule has 0 radical (unpaired) electrons. The second kappa shape index (κ2) is 12.8. The average molecular weight is 475 g/mol. The summed E-state index contributed by atoms with van der Waals surface area (Å²) in [6.45, 7) is 10.3. The lowest BCUT2D eigenvalue weighted by molar-refractivity contribution is -0.135. The van der Waals surface area contributed by atoms with Crippen molar-refractivity contribution in [3.8, 4) is 5.75 Å². The van der Waals surface area contributed by atoms with Crippen LogP contribution < -0.4 is 4.74 Å². The second-order valence-corrected chi connectivity index (χ2v) is 10.3. The highest BCUT2D eigenvalue weighted by Gasteiger charge is 2.39. The van der Waals surface area contributed by atoms with E-state index < -0.39 is 6.10 Å². The third-order valence-corrected chi connectivity index (χ3v) is 6.95. The fraction of sp³-hybridized carbons (Fsp3) is 0.679. The minimum absolute atomic E-state index is 0.0894. The van der Waals surface area contributed by atoms with Gasteiger partial charge in [-0.25, -0.2) is 0 Å². The number of carbonyl (C=O) groups is 1. The predicted molar refractivity (Wildman–Crippen MR) is 132 cm³/mol. The van der Waals surface area contributed by atoms with Gasteiger partial charge in [-0.2, -0.15) is 0 Å². The number of methoxy groups -OCH3 is 1. The number of aliphatic hydroxyl groups is 1. The van der Waals surface area contributed by atoms with Gasteiger partial charge in [-0.15, -0.1) is 0 Å². The zero-order valence-corrected chi connectivity index (χ0v) is 21.1. The van der Waals surface area contributed by atoms with Crippen LogP contribution in [-0.4, -0.2) is 55.1 Å². The summed E-state index contributed by atoms with van der Waals surface area (Å²) in [7, 11) is 1.66. The van der Waals surface area contributed by atoms with E-state index in [-0.39, 0.29) is 23.6 Å². The lowest BCUT2D eigenvalue weighted by Crippen LogP contribution is -2.31. The number of carbonyl (C=O) groups excluding carboxylic acids is 1. The van der Waals surface area contributed by atoms with Crippen LogP contribution in [0.25, 0.3) is 0 Å². The summed E-state index contributed by atoms with van der Waals surface area (Å²) in [4.78, 5) is 12.8. The molecule has 1 aromatic rings. The van der Waals surface area contributed by atoms with E-state index in [0.29, 0.717) is 38.4 Å². The minimum atomic E-state index is -0.524. The molecule has 1 aromatic carbocycles. The van der Waals surface area contributed by atoms with Gasteiger partial charge < -0.3 is 24.1 Å². The fourth-order valence-electron chi connectivity index (χ4n) is 5.07. The Morgan fingerprint density at radius 3 is 2.71 bits per heavy atom. The van der Waals surface area contributed by atoms with Crippen LogP contribution >= 0.6 is 0 Å². The summed E-state index contributed by atoms with van der Waals surface area (Å²) in [6.07, 6.45) is 4.95. The number of benzene rings is 1. The van der Waals surface area contributed by atoms with Crippen molar-refractivity contribution < 1.29 is 28.8 Å². The SMILES string of the molecule is C=C(CCC(=O)[C@H]1CC[C@](C)(C[C@@H](C)COCc2ccc(OC)cc2)O1)C[C@@H](O)[C@@H]1CCCO1. The molecule has 190 valence electrons. The van der Waals surface area contributed by atoms with Gasteiger partial charge in [0.15, 0.2) is 5.78 Å². The molecule has 0 aromatic heterocycles. The molecule has 3 rings (SSSR count). The summed E-state index contributed by atoms with van der Waals surface area (Å²) in [5.41, 5.74) is 1.72. The molecule has 2 saturated heterocycles. The van der Waals surface area contributed by atoms with Crippen LogP contribution in [0.2, 0.25) is 0 Å². The van der Waals surface area contributed by atoms with E-state index in [1.165, 1.54) is 0 Å². The van der Waals surface area contributed by atoms with E-state index in [9.17, 15) is 9.90 Å². The Morgan fingerprint density at radius 1 is 1.26 bits per heavy atom. The van der Waals surface area contributed by atoms with Crippen molar-refractivity contribution in [1.29, 1.82) is 0 Å². The fourth-order valence-corrected chi connectivity index (χ4v) is 5.07. The molecule has 0 unspecified atom stereocenters. The van der Waals surface area contributed by atoms with Gasteiger partial charge in [0.1, 0.15) is 11.9 Å². The number of hydrogen-bond acceptors (Lipinski definition) is 6. The number of hydrogen-bond donors (Lipinski definition) is 1. The molecule has 5 atom stereocenters. The maximum Gasteiger partial charge on any atom is 0.161 e. The van der Waals surface area contributed by atoms with Crippen molar-refractivity contribution in [3.05, 3.63) is 42.0 Å². The molecule has 0 amide bonds. The molecule has 2 aliphatic rings. The number of ether oxygens (including phenoxy) is 4. The van der Waals surface area contributed by atoms with Crippen molar-refractivity contribution in [2.24, 2.45) is 5.92 Å². The Balaban J connectivity index is 1.33. The molecular weight excluding hydrogens is 432 g/mol. The molecule has 34 heavy (non-hydrogen) atoms. The molecule has 0 aliphatic carbocycles. The van der Waals surface area contributed by atoms with Crippen LogP contribution in [-0.2, 0) is 25.6 Å². The molecular formula is C28H42O6. The van der Waals surface area contributed by atoms with E-state index in [0.717, 1.165) is 55.6 Å². The van der Waals surface area contributed by atoms with Crippen LogP contribution in [0.4, 0.5) is 0 Å². The third kappa shape index (κ3) is 8.19. The summed E-state index contributed by atoms with van der Waals surface area (Å²) >= 11 is 0. The zero-order chi connectivity index (χ0) is 24.6. The van der Waals surface area contributed by atoms with Crippen LogP contribution in [0, 0.1) is 5.92 Å². The maximum absolute atomic E-state index is 12.8. The maximum atomic E-state index is 12.8. The minimum Gasteiger partial charge on any atom is -0.497 e. The third-order valence-electron chi connectivity index (χ3n) is 6.95. The molecule has 2 fully saturated rings. The van der Waals surface area contributed by atoms with Gasteiger partial charge in [-0.05, 0) is 75.5 Å². The predicted octanol–water partition coefficient (Wildman–Crippen LogP) is 5.01. The Hall–Kier alpha value is -1.73. The Kier molecular flexibility index (Phi) is 10.1. The first-order valence-corrected chi connectivity index (χ1v) is 12.7.